The van der Waals surface area contributed by atoms with Crippen LogP contribution in [0.4, 0.5) is 0 Å². The van der Waals surface area contributed by atoms with Gasteiger partial charge < -0.3 is 17.0 Å². The molecule has 0 aliphatic heterocycles. The van der Waals surface area contributed by atoms with E-state index in [2.05, 4.69) is 42.7 Å². The van der Waals surface area contributed by atoms with Crippen LogP contribution >= 0.6 is 11.8 Å². The van der Waals surface area contributed by atoms with Crippen LogP contribution in [0.3, 0.4) is 0 Å². The summed E-state index contributed by atoms with van der Waals surface area (Å²) in [5.74, 6) is 0. The van der Waals surface area contributed by atoms with Crippen LogP contribution in [0.2, 0.25) is 0 Å². The third kappa shape index (κ3) is 4.13. The van der Waals surface area contributed by atoms with Crippen molar-refractivity contribution in [2.45, 2.75) is 4.90 Å². The molecule has 0 atom stereocenters. The summed E-state index contributed by atoms with van der Waals surface area (Å²) in [5.41, 5.74) is 2.47. The molecular weight excluding hydrogens is 292 g/mol. The van der Waals surface area contributed by atoms with Gasteiger partial charge in [0, 0.05) is 4.90 Å². The molecule has 0 heterocycles. The van der Waals surface area contributed by atoms with Gasteiger partial charge in [-0.05, 0) is 18.4 Å². The zero-order valence-corrected chi connectivity index (χ0v) is 12.9. The molecule has 0 aliphatic rings. The maximum atomic E-state index is 3.08. The minimum absolute atomic E-state index is 0. The van der Waals surface area contributed by atoms with Crippen molar-refractivity contribution in [2.24, 2.45) is 0 Å². The first kappa shape index (κ1) is 16.0. The molecule has 16 heavy (non-hydrogen) atoms. The molecule has 2 rings (SSSR count). The largest absolute Gasteiger partial charge is 2.00 e. The predicted octanol–water partition coefficient (Wildman–Crippen LogP) is 0.499. The van der Waals surface area contributed by atoms with Gasteiger partial charge >= 0.3 is 23.1 Å². The SMILES string of the molecule is CSc1ccc(-c2c[c-]ccc2)cc1.[Br-].[Mg+2]. The summed E-state index contributed by atoms with van der Waals surface area (Å²) in [6.45, 7) is 0. The van der Waals surface area contributed by atoms with Crippen LogP contribution in [0, 0.1) is 6.07 Å². The van der Waals surface area contributed by atoms with Gasteiger partial charge in [0.05, 0.1) is 0 Å². The van der Waals surface area contributed by atoms with Gasteiger partial charge in [-0.1, -0.05) is 17.7 Å². The van der Waals surface area contributed by atoms with E-state index >= 15 is 0 Å². The fourth-order valence-corrected chi connectivity index (χ4v) is 1.76. The van der Waals surface area contributed by atoms with E-state index in [9.17, 15) is 0 Å². The average Bonchev–Trinajstić information content (AvgIpc) is 2.30. The Hall–Kier alpha value is 0.0362. The Labute approximate surface area is 128 Å². The number of hydrogen-bond donors (Lipinski definition) is 0. The summed E-state index contributed by atoms with van der Waals surface area (Å²) in [7, 11) is 0. The number of thioether (sulfide) groups is 1. The summed E-state index contributed by atoms with van der Waals surface area (Å²) in [6, 6.07) is 19.7. The quantitative estimate of drug-likeness (QED) is 0.442. The Morgan fingerprint density at radius 1 is 1.00 bits per heavy atom. The van der Waals surface area contributed by atoms with E-state index in [4.69, 9.17) is 0 Å². The molecule has 0 aromatic heterocycles. The van der Waals surface area contributed by atoms with Crippen LogP contribution in [-0.4, -0.2) is 29.3 Å². The molecule has 0 fully saturated rings. The molecule has 0 spiro atoms. The summed E-state index contributed by atoms with van der Waals surface area (Å²) in [5, 5.41) is 0. The zero-order chi connectivity index (χ0) is 9.80. The van der Waals surface area contributed by atoms with Gasteiger partial charge in [-0.2, -0.15) is 30.3 Å². The van der Waals surface area contributed by atoms with Gasteiger partial charge in [-0.25, -0.2) is 0 Å². The van der Waals surface area contributed by atoms with Crippen molar-refractivity contribution >= 4 is 34.8 Å². The van der Waals surface area contributed by atoms with Crippen molar-refractivity contribution in [1.82, 2.24) is 0 Å². The molecule has 0 saturated carbocycles. The Morgan fingerprint density at radius 3 is 2.19 bits per heavy atom. The normalized spacial score (nSPS) is 8.81. The van der Waals surface area contributed by atoms with E-state index in [1.165, 1.54) is 16.0 Å². The van der Waals surface area contributed by atoms with Crippen LogP contribution in [0.1, 0.15) is 0 Å². The van der Waals surface area contributed by atoms with Gasteiger partial charge in [0.15, 0.2) is 0 Å². The Balaban J connectivity index is 0.00000112. The van der Waals surface area contributed by atoms with E-state index in [1.807, 2.05) is 18.2 Å². The standard InChI is InChI=1S/C13H11S.BrH.Mg/c1-14-13-9-7-12(8-10-13)11-5-3-2-4-6-11;;/h2-3,5-10H,1H3;1H;/q-1;;+2/p-1. The van der Waals surface area contributed by atoms with Crippen molar-refractivity contribution in [2.75, 3.05) is 6.26 Å². The first-order valence-corrected chi connectivity index (χ1v) is 5.73. The molecular formula is C13H11BrMgS. The maximum absolute atomic E-state index is 3.08. The number of rotatable bonds is 2. The second-order valence-electron chi connectivity index (χ2n) is 3.02. The molecule has 2 aromatic carbocycles. The van der Waals surface area contributed by atoms with E-state index in [0.717, 1.165) is 0 Å². The topological polar surface area (TPSA) is 0 Å². The molecule has 0 saturated heterocycles. The van der Waals surface area contributed by atoms with Crippen LogP contribution in [0.5, 0.6) is 0 Å². The van der Waals surface area contributed by atoms with Crippen LogP contribution in [0.25, 0.3) is 11.1 Å². The fraction of sp³-hybridized carbons (Fsp3) is 0.0769. The van der Waals surface area contributed by atoms with Crippen LogP contribution in [0.15, 0.2) is 53.4 Å². The minimum Gasteiger partial charge on any atom is -1.00 e. The van der Waals surface area contributed by atoms with Crippen molar-refractivity contribution in [1.29, 1.82) is 0 Å². The van der Waals surface area contributed by atoms with Gasteiger partial charge in [-0.15, -0.1) is 17.3 Å². The Morgan fingerprint density at radius 2 is 1.69 bits per heavy atom. The van der Waals surface area contributed by atoms with Gasteiger partial charge in [0.1, 0.15) is 0 Å². The van der Waals surface area contributed by atoms with Crippen LogP contribution in [-0.2, 0) is 0 Å². The zero-order valence-electron chi connectivity index (χ0n) is 9.11. The number of benzene rings is 2. The summed E-state index contributed by atoms with van der Waals surface area (Å²) in [4.78, 5) is 1.30. The first-order chi connectivity index (χ1) is 6.90. The second-order valence-corrected chi connectivity index (χ2v) is 3.90. The first-order valence-electron chi connectivity index (χ1n) is 4.51. The van der Waals surface area contributed by atoms with Gasteiger partial charge in [0.25, 0.3) is 0 Å². The molecule has 3 heteroatoms. The van der Waals surface area contributed by atoms with Crippen LogP contribution < -0.4 is 17.0 Å². The molecule has 0 N–H and O–H groups in total. The van der Waals surface area contributed by atoms with Gasteiger partial charge in [-0.3, -0.25) is 0 Å². The Kier molecular flexibility index (Phi) is 8.19. The minimum atomic E-state index is 0. The second kappa shape index (κ2) is 8.17. The predicted molar refractivity (Wildman–Crippen MR) is 68.2 cm³/mol. The monoisotopic (exact) mass is 302 g/mol. The number of halogens is 1. The van der Waals surface area contributed by atoms with Crippen molar-refractivity contribution in [3.05, 3.63) is 54.6 Å². The van der Waals surface area contributed by atoms with Crippen molar-refractivity contribution in [3.63, 3.8) is 0 Å². The summed E-state index contributed by atoms with van der Waals surface area (Å²) in [6.07, 6.45) is 2.09. The smallest absolute Gasteiger partial charge is 1.00 e. The van der Waals surface area contributed by atoms with E-state index in [1.54, 1.807) is 11.8 Å². The molecule has 2 aromatic rings. The van der Waals surface area contributed by atoms with E-state index in [0.29, 0.717) is 0 Å². The fourth-order valence-electron chi connectivity index (χ4n) is 1.36. The molecule has 0 amide bonds. The molecule has 0 nitrogen and oxygen atoms in total. The van der Waals surface area contributed by atoms with Crippen molar-refractivity contribution < 1.29 is 17.0 Å². The molecule has 78 valence electrons. The van der Waals surface area contributed by atoms with E-state index in [-0.39, 0.29) is 40.0 Å². The molecule has 0 unspecified atom stereocenters. The third-order valence-corrected chi connectivity index (χ3v) is 2.87. The third-order valence-electron chi connectivity index (χ3n) is 2.13. The Bertz CT molecular complexity index is 400. The van der Waals surface area contributed by atoms with Gasteiger partial charge in [0.2, 0.25) is 0 Å². The van der Waals surface area contributed by atoms with E-state index < -0.39 is 0 Å². The average molecular weight is 304 g/mol. The molecule has 0 radical (unpaired) electrons. The molecule has 0 bridgehead atoms. The molecule has 0 aliphatic carbocycles. The summed E-state index contributed by atoms with van der Waals surface area (Å²) < 4.78 is 0. The number of hydrogen-bond acceptors (Lipinski definition) is 1. The summed E-state index contributed by atoms with van der Waals surface area (Å²) >= 11 is 1.76. The maximum Gasteiger partial charge on any atom is 2.00 e. The van der Waals surface area contributed by atoms with Crippen molar-refractivity contribution in [3.8, 4) is 11.1 Å².